The number of carbonyl (C=O) groups is 9. The molecule has 29 atom stereocenters. The lowest BCUT2D eigenvalue weighted by molar-refractivity contribution is -0.302. The topological polar surface area (TPSA) is 374 Å². The number of hydrogen-bond acceptors (Lipinski definition) is 25. The Morgan fingerprint density at radius 2 is 1.15 bits per heavy atom. The fourth-order valence-electron chi connectivity index (χ4n) is 19.5. The predicted octanol–water partition coefficient (Wildman–Crippen LogP) is 10.7. The summed E-state index contributed by atoms with van der Waals surface area (Å²) in [6.07, 6.45) is 14.9. The predicted molar refractivity (Wildman–Crippen MR) is 453 cm³/mol. The molecule has 0 aromatic heterocycles. The summed E-state index contributed by atoms with van der Waals surface area (Å²) in [5.74, 6) is -15.5. The van der Waals surface area contributed by atoms with Crippen molar-refractivity contribution in [2.24, 2.45) is 65.1 Å². The molecule has 0 aromatic carbocycles. The molecule has 121 heavy (non-hydrogen) atoms. The number of aliphatic hydroxyl groups is 6. The van der Waals surface area contributed by atoms with Crippen molar-refractivity contribution in [3.63, 3.8) is 0 Å². The van der Waals surface area contributed by atoms with Gasteiger partial charge in [-0.15, -0.1) is 0 Å². The zero-order valence-corrected chi connectivity index (χ0v) is 75.7. The second-order valence-corrected chi connectivity index (χ2v) is 36.7. The lowest BCUT2D eigenvalue weighted by atomic mass is 9.78. The summed E-state index contributed by atoms with van der Waals surface area (Å²) in [5.41, 5.74) is 2.93. The molecule has 4 bridgehead atoms. The standard InChI is InChI=1S/C51H79NO13.C43H69NO12/c1-30-16-12-11-13-17-31(2)42(61-8)28-38-21-19-36(7)51(60,65-38)48(57)49(58)52-23-15-14-18-39(52)50(59)64-43(33(4)26-37-20-22-40(53)44(27-37)62-9)29-41(54)32(3)25-35(6)46(56)47(63-10)45(55)34(5)24-30;1-10-30-18-24(2)17-25(3)19-36(53-8)39-37(54-9)21-27(5)43(51,56-39)40(48)41(49)44-16-12-11-13-31(44)42(50)55-38(28(6)33(46)23-34(30)47)26(4)20-29-14-15-32(45)35(22-29)52-7/h11-13,16-17,25,30,32-34,36-40,42-44,46-47,53,56,60H,14-15,18-24,26-29H2,1-10H3;18,20,25,27-33,35-39,45-46,51H,10-17,19,21-23H2,1-9H3/b13-11?,16-12+,31-17?,35-25+;24-18+,26-20+/t30-,32-,33-,34-,36-,37+,38+,39+,40-,42+,43+,44-,46-,47+,51-;25-,27+,28+,29-,30+,31-,32+,33-,35+,36-,37-,38+,39+,43+/m10/s1. The minimum absolute atomic E-state index is 0.000914. The van der Waals surface area contributed by atoms with Gasteiger partial charge in [-0.05, 0) is 202 Å². The van der Waals surface area contributed by atoms with Crippen molar-refractivity contribution in [2.45, 2.75) is 347 Å². The summed E-state index contributed by atoms with van der Waals surface area (Å²) in [7, 11) is 9.15. The molecule has 0 spiro atoms. The van der Waals surface area contributed by atoms with Crippen LogP contribution in [0.2, 0.25) is 0 Å². The molecule has 0 radical (unpaired) electrons. The lowest BCUT2D eigenvalue weighted by Crippen LogP contribution is -2.64. The van der Waals surface area contributed by atoms with Crippen LogP contribution in [0.1, 0.15) is 238 Å². The molecule has 6 fully saturated rings. The van der Waals surface area contributed by atoms with E-state index >= 15 is 0 Å². The smallest absolute Gasteiger partial charge is 0.329 e. The van der Waals surface area contributed by atoms with Gasteiger partial charge >= 0.3 is 11.9 Å². The Hall–Kier alpha value is -5.89. The van der Waals surface area contributed by atoms with Gasteiger partial charge in [0.05, 0.1) is 54.9 Å². The number of amides is 2. The molecule has 8 rings (SSSR count). The fourth-order valence-corrected chi connectivity index (χ4v) is 19.5. The van der Waals surface area contributed by atoms with Gasteiger partial charge in [-0.25, -0.2) is 9.59 Å². The quantitative estimate of drug-likeness (QED) is 0.0600. The number of Topliss-reactive ketones (excluding diaryl/α,β-unsaturated/α-hetero) is 5. The maximum absolute atomic E-state index is 14.4. The Labute approximate surface area is 718 Å². The molecule has 4 saturated heterocycles. The van der Waals surface area contributed by atoms with Gasteiger partial charge in [-0.1, -0.05) is 116 Å². The molecular weight excluding hydrogens is 1560 g/mol. The number of ketones is 5. The third-order valence-corrected chi connectivity index (χ3v) is 27.4. The van der Waals surface area contributed by atoms with E-state index in [1.165, 1.54) is 31.1 Å². The largest absolute Gasteiger partial charge is 0.460 e. The maximum atomic E-state index is 14.4. The van der Waals surface area contributed by atoms with E-state index in [1.54, 1.807) is 62.0 Å². The van der Waals surface area contributed by atoms with E-state index in [0.29, 0.717) is 120 Å². The zero-order valence-electron chi connectivity index (χ0n) is 75.7. The molecule has 0 aromatic rings. The van der Waals surface area contributed by atoms with Crippen LogP contribution in [0, 0.1) is 65.1 Å². The fraction of sp³-hybridized carbons (Fsp3) is 0.777. The van der Waals surface area contributed by atoms with Gasteiger partial charge in [-0.2, -0.15) is 0 Å². The number of piperidine rings is 2. The lowest BCUT2D eigenvalue weighted by Gasteiger charge is -2.47. The normalized spacial score (nSPS) is 40.3. The van der Waals surface area contributed by atoms with Crippen LogP contribution in [0.3, 0.4) is 0 Å². The molecule has 6 N–H and O–H groups in total. The molecular formula is C94H148N2O25. The highest BCUT2D eigenvalue weighted by Gasteiger charge is 2.58. The van der Waals surface area contributed by atoms with Crippen molar-refractivity contribution < 1.29 is 121 Å². The number of aliphatic hydroxyl groups excluding tert-OH is 4. The van der Waals surface area contributed by atoms with Crippen LogP contribution in [0.25, 0.3) is 0 Å². The number of allylic oxidation sites excluding steroid dienone is 9. The Bertz CT molecular complexity index is 3640. The van der Waals surface area contributed by atoms with Crippen molar-refractivity contribution in [3.05, 3.63) is 70.9 Å². The van der Waals surface area contributed by atoms with Gasteiger partial charge < -0.3 is 87.8 Å². The highest BCUT2D eigenvalue weighted by atomic mass is 16.7. The zero-order chi connectivity index (χ0) is 89.7. The average molecular weight is 1710 g/mol. The maximum Gasteiger partial charge on any atom is 0.329 e. The average Bonchev–Trinajstić information content (AvgIpc) is 0.844. The number of hydrogen-bond donors (Lipinski definition) is 6. The van der Waals surface area contributed by atoms with Crippen LogP contribution in [-0.4, -0.2) is 258 Å². The first kappa shape index (κ1) is 102. The van der Waals surface area contributed by atoms with Gasteiger partial charge in [0.15, 0.2) is 5.78 Å². The van der Waals surface area contributed by atoms with E-state index in [1.807, 2.05) is 91.0 Å². The third kappa shape index (κ3) is 26.9. The highest BCUT2D eigenvalue weighted by Crippen LogP contribution is 2.42. The van der Waals surface area contributed by atoms with Gasteiger partial charge in [0.2, 0.25) is 11.6 Å². The molecule has 27 nitrogen and oxygen atoms in total. The van der Waals surface area contributed by atoms with E-state index in [2.05, 4.69) is 6.92 Å². The van der Waals surface area contributed by atoms with Crippen molar-refractivity contribution >= 4 is 52.7 Å². The summed E-state index contributed by atoms with van der Waals surface area (Å²) in [5, 5.41) is 67.9. The molecule has 6 aliphatic heterocycles. The molecule has 2 amide bonds. The summed E-state index contributed by atoms with van der Waals surface area (Å²) in [6.45, 7) is 24.0. The summed E-state index contributed by atoms with van der Waals surface area (Å²) in [4.78, 5) is 129. The van der Waals surface area contributed by atoms with Crippen molar-refractivity contribution in [1.82, 2.24) is 9.80 Å². The third-order valence-electron chi connectivity index (χ3n) is 27.4. The van der Waals surface area contributed by atoms with Crippen LogP contribution in [0.15, 0.2) is 70.9 Å². The number of carbonyl (C=O) groups excluding carboxylic acids is 9. The summed E-state index contributed by atoms with van der Waals surface area (Å²) in [6, 6.07) is -2.27. The molecule has 0 unspecified atom stereocenters. The Kier molecular flexibility index (Phi) is 40.2. The molecule has 684 valence electrons. The van der Waals surface area contributed by atoms with Gasteiger partial charge in [0, 0.05) is 111 Å². The Balaban J connectivity index is 0.000000337. The van der Waals surface area contributed by atoms with Gasteiger partial charge in [-0.3, -0.25) is 33.6 Å². The van der Waals surface area contributed by atoms with Gasteiger partial charge in [0.25, 0.3) is 23.4 Å². The number of cyclic esters (lactones) is 2. The number of ether oxygens (including phenoxy) is 10. The van der Waals surface area contributed by atoms with Crippen molar-refractivity contribution in [3.8, 4) is 0 Å². The summed E-state index contributed by atoms with van der Waals surface area (Å²) >= 11 is 0. The van der Waals surface area contributed by atoms with Crippen molar-refractivity contribution in [2.75, 3.05) is 55.7 Å². The minimum atomic E-state index is -2.50. The van der Waals surface area contributed by atoms with E-state index in [9.17, 15) is 73.8 Å². The first-order chi connectivity index (χ1) is 57.2. The van der Waals surface area contributed by atoms with Crippen LogP contribution < -0.4 is 0 Å². The molecule has 8 aliphatic rings. The first-order valence-electron chi connectivity index (χ1n) is 44.7. The molecule has 6 heterocycles. The van der Waals surface area contributed by atoms with Crippen LogP contribution in [0.5, 0.6) is 0 Å². The van der Waals surface area contributed by atoms with Crippen LogP contribution >= 0.6 is 0 Å². The van der Waals surface area contributed by atoms with Crippen LogP contribution in [-0.2, 0) is 90.5 Å². The van der Waals surface area contributed by atoms with E-state index in [-0.39, 0.29) is 104 Å². The number of methoxy groups -OCH3 is 6. The summed E-state index contributed by atoms with van der Waals surface area (Å²) < 4.78 is 59.1. The van der Waals surface area contributed by atoms with E-state index < -0.39 is 168 Å². The number of fused-ring (bicyclic) bond motifs is 6. The highest BCUT2D eigenvalue weighted by molar-refractivity contribution is 6.39. The second-order valence-electron chi connectivity index (χ2n) is 36.7. The molecule has 2 saturated carbocycles. The Morgan fingerprint density at radius 3 is 1.74 bits per heavy atom. The van der Waals surface area contributed by atoms with E-state index in [0.717, 1.165) is 17.6 Å². The van der Waals surface area contributed by atoms with E-state index in [4.69, 9.17) is 47.4 Å². The minimum Gasteiger partial charge on any atom is -0.460 e. The second kappa shape index (κ2) is 47.6. The SMILES string of the molecule is CC[C@@H]1/C=C(\C)C[C@H](C)C[C@H](OC)[C@H]2O[C@@](O)(C(=O)C(=O)N3CCCC[C@H]3C(=O)O[C@H](/C(C)=C/[C@@H]3CC[C@@H](O)[C@H](OC)C3)[C@H](C)[C@@H](O)CC1=O)[C@H](C)C[C@@H]2OC.CO[C@H]1C[C@@H]2CC[C@@H](C)[C@@](O)(O2)C(=O)C(=O)N2CCCC[C@H]2C(=O)O[C@H]([C@H](C)C[C@@H]2CC[C@@H](O)[C@H](OC)C2)CC(=O)[C@H](C)/C=C(\C)[C@@H](O)[C@@H](OC)C(=O)[C@H](C)C[C@H](C)/C=C/C=CC=C1C. The number of nitrogens with zero attached hydrogens (tertiary/aromatic N) is 2. The molecule has 2 aliphatic carbocycles. The first-order valence-corrected chi connectivity index (χ1v) is 44.7. The van der Waals surface area contributed by atoms with Gasteiger partial charge in [0.1, 0.15) is 54.2 Å². The van der Waals surface area contributed by atoms with Crippen LogP contribution in [0.4, 0.5) is 0 Å². The van der Waals surface area contributed by atoms with Crippen molar-refractivity contribution in [1.29, 1.82) is 0 Å². The Morgan fingerprint density at radius 1 is 0.570 bits per heavy atom. The molecule has 27 heteroatoms. The monoisotopic (exact) mass is 1710 g/mol. The number of esters is 2. The number of rotatable bonds is 12.